The Balaban J connectivity index is 1.69. The third-order valence-corrected chi connectivity index (χ3v) is 5.26. The fourth-order valence-electron chi connectivity index (χ4n) is 3.92. The first-order valence-electron chi connectivity index (χ1n) is 8.04. The van der Waals surface area contributed by atoms with Crippen molar-refractivity contribution >= 4 is 5.97 Å². The summed E-state index contributed by atoms with van der Waals surface area (Å²) in [6.45, 7) is 1.03. The van der Waals surface area contributed by atoms with Gasteiger partial charge in [0.05, 0.1) is 24.5 Å². The summed E-state index contributed by atoms with van der Waals surface area (Å²) >= 11 is 0. The van der Waals surface area contributed by atoms with Crippen LogP contribution in [0.25, 0.3) is 0 Å². The maximum Gasteiger partial charge on any atom is 0.337 e. The van der Waals surface area contributed by atoms with Crippen LogP contribution in [0.3, 0.4) is 0 Å². The van der Waals surface area contributed by atoms with Crippen LogP contribution in [0.1, 0.15) is 41.6 Å². The van der Waals surface area contributed by atoms with Gasteiger partial charge in [0.15, 0.2) is 0 Å². The van der Waals surface area contributed by atoms with Crippen molar-refractivity contribution in [2.75, 3.05) is 13.7 Å². The van der Waals surface area contributed by atoms with Crippen molar-refractivity contribution in [1.82, 2.24) is 5.32 Å². The molecule has 4 heteroatoms. The molecule has 0 amide bonds. The van der Waals surface area contributed by atoms with Crippen molar-refractivity contribution < 1.29 is 14.3 Å². The number of fused-ring (bicyclic) bond motifs is 2. The molecule has 2 atom stereocenters. The Bertz CT molecular complexity index is 635. The zero-order valence-corrected chi connectivity index (χ0v) is 12.8. The van der Waals surface area contributed by atoms with Crippen molar-refractivity contribution in [2.45, 2.75) is 31.2 Å². The SMILES string of the molecule is COC(=O)c1ccc2c(c1)OC=C[C@]21CC(C2CC2)CCN1. The topological polar surface area (TPSA) is 47.6 Å². The van der Waals surface area contributed by atoms with Crippen molar-refractivity contribution in [3.05, 3.63) is 41.7 Å². The van der Waals surface area contributed by atoms with Crippen LogP contribution in [0, 0.1) is 11.8 Å². The lowest BCUT2D eigenvalue weighted by atomic mass is 9.74. The fourth-order valence-corrected chi connectivity index (χ4v) is 3.92. The first-order valence-corrected chi connectivity index (χ1v) is 8.04. The van der Waals surface area contributed by atoms with E-state index < -0.39 is 0 Å². The molecule has 1 aliphatic carbocycles. The van der Waals surface area contributed by atoms with Gasteiger partial charge in [-0.3, -0.25) is 0 Å². The smallest absolute Gasteiger partial charge is 0.337 e. The van der Waals surface area contributed by atoms with Gasteiger partial charge in [-0.15, -0.1) is 0 Å². The molecule has 1 saturated heterocycles. The fraction of sp³-hybridized carbons (Fsp3) is 0.500. The van der Waals surface area contributed by atoms with E-state index in [9.17, 15) is 4.79 Å². The van der Waals surface area contributed by atoms with E-state index in [1.807, 2.05) is 12.1 Å². The van der Waals surface area contributed by atoms with Crippen molar-refractivity contribution in [3.63, 3.8) is 0 Å². The molecule has 4 rings (SSSR count). The molecule has 1 aromatic rings. The van der Waals surface area contributed by atoms with Crippen LogP contribution >= 0.6 is 0 Å². The number of carbonyl (C=O) groups is 1. The molecule has 0 radical (unpaired) electrons. The maximum atomic E-state index is 11.7. The molecule has 2 aliphatic heterocycles. The second-order valence-corrected chi connectivity index (χ2v) is 6.61. The monoisotopic (exact) mass is 299 g/mol. The first kappa shape index (κ1) is 13.8. The summed E-state index contributed by atoms with van der Waals surface area (Å²) in [6.07, 6.45) is 9.04. The number of rotatable bonds is 2. The average molecular weight is 299 g/mol. The first-order chi connectivity index (χ1) is 10.7. The van der Waals surface area contributed by atoms with Gasteiger partial charge in [-0.05, 0) is 62.3 Å². The van der Waals surface area contributed by atoms with Gasteiger partial charge in [0.1, 0.15) is 5.75 Å². The summed E-state index contributed by atoms with van der Waals surface area (Å²) in [7, 11) is 1.40. The molecule has 1 saturated carbocycles. The summed E-state index contributed by atoms with van der Waals surface area (Å²) in [6, 6.07) is 5.62. The number of nitrogens with one attached hydrogen (secondary N) is 1. The van der Waals surface area contributed by atoms with Gasteiger partial charge in [0.2, 0.25) is 0 Å². The molecular weight excluding hydrogens is 278 g/mol. The Morgan fingerprint density at radius 3 is 2.95 bits per heavy atom. The Labute approximate surface area is 130 Å². The van der Waals surface area contributed by atoms with Gasteiger partial charge in [-0.25, -0.2) is 4.79 Å². The minimum absolute atomic E-state index is 0.145. The van der Waals surface area contributed by atoms with Crippen LogP contribution in [0.4, 0.5) is 0 Å². The van der Waals surface area contributed by atoms with Gasteiger partial charge in [-0.2, -0.15) is 0 Å². The van der Waals surface area contributed by atoms with E-state index >= 15 is 0 Å². The van der Waals surface area contributed by atoms with E-state index in [0.29, 0.717) is 5.56 Å². The second kappa shape index (κ2) is 5.13. The van der Waals surface area contributed by atoms with E-state index in [1.165, 1.54) is 26.4 Å². The molecule has 1 N–H and O–H groups in total. The number of ether oxygens (including phenoxy) is 2. The highest BCUT2D eigenvalue weighted by atomic mass is 16.5. The van der Waals surface area contributed by atoms with Crippen LogP contribution in [-0.2, 0) is 10.3 Å². The highest BCUT2D eigenvalue weighted by Gasteiger charge is 2.44. The predicted octanol–water partition coefficient (Wildman–Crippen LogP) is 2.98. The van der Waals surface area contributed by atoms with E-state index in [0.717, 1.165) is 36.1 Å². The van der Waals surface area contributed by atoms with Gasteiger partial charge < -0.3 is 14.8 Å². The Morgan fingerprint density at radius 1 is 1.32 bits per heavy atom. The van der Waals surface area contributed by atoms with E-state index in [4.69, 9.17) is 9.47 Å². The number of hydrogen-bond acceptors (Lipinski definition) is 4. The molecule has 4 nitrogen and oxygen atoms in total. The normalized spacial score (nSPS) is 29.8. The quantitative estimate of drug-likeness (QED) is 0.853. The summed E-state index contributed by atoms with van der Waals surface area (Å²) < 4.78 is 10.5. The Morgan fingerprint density at radius 2 is 2.18 bits per heavy atom. The van der Waals surface area contributed by atoms with E-state index in [1.54, 1.807) is 12.3 Å². The highest BCUT2D eigenvalue weighted by Crippen LogP contribution is 2.49. The van der Waals surface area contributed by atoms with Gasteiger partial charge in [0, 0.05) is 5.56 Å². The van der Waals surface area contributed by atoms with Crippen molar-refractivity contribution in [1.29, 1.82) is 0 Å². The number of piperidine rings is 1. The van der Waals surface area contributed by atoms with Crippen molar-refractivity contribution in [3.8, 4) is 5.75 Å². The second-order valence-electron chi connectivity index (χ2n) is 6.61. The number of esters is 1. The number of benzene rings is 1. The summed E-state index contributed by atoms with van der Waals surface area (Å²) in [5.41, 5.74) is 1.52. The molecule has 2 fully saturated rings. The lowest BCUT2D eigenvalue weighted by molar-refractivity contribution is 0.0600. The molecule has 2 heterocycles. The maximum absolute atomic E-state index is 11.7. The number of methoxy groups -OCH3 is 1. The van der Waals surface area contributed by atoms with E-state index in [-0.39, 0.29) is 11.5 Å². The zero-order chi connectivity index (χ0) is 15.2. The van der Waals surface area contributed by atoms with Crippen LogP contribution in [0.5, 0.6) is 5.75 Å². The molecule has 0 bridgehead atoms. The highest BCUT2D eigenvalue weighted by molar-refractivity contribution is 5.90. The third-order valence-electron chi connectivity index (χ3n) is 5.26. The molecule has 116 valence electrons. The van der Waals surface area contributed by atoms with Crippen LogP contribution in [-0.4, -0.2) is 19.6 Å². The molecule has 1 aromatic carbocycles. The molecule has 0 aromatic heterocycles. The number of carbonyl (C=O) groups excluding carboxylic acids is 1. The van der Waals surface area contributed by atoms with Gasteiger partial charge >= 0.3 is 5.97 Å². The molecule has 3 aliphatic rings. The van der Waals surface area contributed by atoms with E-state index in [2.05, 4.69) is 11.4 Å². The molecule has 1 unspecified atom stereocenters. The van der Waals surface area contributed by atoms with Crippen LogP contribution in [0.15, 0.2) is 30.5 Å². The third kappa shape index (κ3) is 2.22. The number of hydrogen-bond donors (Lipinski definition) is 1. The van der Waals surface area contributed by atoms with Crippen LogP contribution < -0.4 is 10.1 Å². The molecular formula is C18H21NO3. The zero-order valence-electron chi connectivity index (χ0n) is 12.8. The lowest BCUT2D eigenvalue weighted by Crippen LogP contribution is -2.48. The summed E-state index contributed by atoms with van der Waals surface area (Å²) in [4.78, 5) is 11.7. The van der Waals surface area contributed by atoms with Crippen molar-refractivity contribution in [2.24, 2.45) is 11.8 Å². The lowest BCUT2D eigenvalue weighted by Gasteiger charge is -2.42. The Hall–Kier alpha value is -1.81. The largest absolute Gasteiger partial charge is 0.465 e. The minimum atomic E-state index is -0.331. The Kier molecular flexibility index (Phi) is 3.22. The van der Waals surface area contributed by atoms with Gasteiger partial charge in [-0.1, -0.05) is 6.07 Å². The standard InChI is InChI=1S/C18H21NO3/c1-21-17(20)13-4-5-15-16(10-13)22-9-7-18(15)11-14(6-8-19-18)12-2-3-12/h4-5,7,9-10,12,14,19H,2-3,6,8,11H2,1H3/t14?,18-/m0/s1. The molecule has 22 heavy (non-hydrogen) atoms. The summed E-state index contributed by atoms with van der Waals surface area (Å²) in [5.74, 6) is 2.13. The average Bonchev–Trinajstić information content (AvgIpc) is 3.39. The predicted molar refractivity (Wildman–Crippen MR) is 82.7 cm³/mol. The van der Waals surface area contributed by atoms with Crippen LogP contribution in [0.2, 0.25) is 0 Å². The van der Waals surface area contributed by atoms with Gasteiger partial charge in [0.25, 0.3) is 0 Å². The minimum Gasteiger partial charge on any atom is -0.465 e. The molecule has 1 spiro atoms. The summed E-state index contributed by atoms with van der Waals surface area (Å²) in [5, 5.41) is 3.68.